The Balaban J connectivity index is 1.73. The number of hydrogen-bond donors (Lipinski definition) is 1. The van der Waals surface area contributed by atoms with E-state index in [1.54, 1.807) is 0 Å². The van der Waals surface area contributed by atoms with E-state index in [1.807, 2.05) is 12.1 Å². The summed E-state index contributed by atoms with van der Waals surface area (Å²) in [6.07, 6.45) is 3.28. The summed E-state index contributed by atoms with van der Waals surface area (Å²) in [5, 5.41) is 0.750. The molecule has 2 aromatic carbocycles. The van der Waals surface area contributed by atoms with Gasteiger partial charge in [0, 0.05) is 21.7 Å². The minimum atomic E-state index is -0.295. The highest BCUT2D eigenvalue weighted by molar-refractivity contribution is 6.30. The second-order valence-corrected chi connectivity index (χ2v) is 11.0. The number of nitrogens with one attached hydrogen (secondary N) is 1. The number of para-hydroxylation sites is 1. The molecule has 31 heavy (non-hydrogen) atoms. The summed E-state index contributed by atoms with van der Waals surface area (Å²) in [6.45, 7) is 13.4. The van der Waals surface area contributed by atoms with Crippen LogP contribution in [0.2, 0.25) is 5.02 Å². The first-order chi connectivity index (χ1) is 14.6. The molecule has 1 amide bonds. The minimum Gasteiger partial charge on any atom is -0.325 e. The Kier molecular flexibility index (Phi) is 5.95. The number of halogens is 1. The van der Waals surface area contributed by atoms with Crippen molar-refractivity contribution in [1.82, 2.24) is 0 Å². The molecular formula is C27H36ClN2O+. The molecule has 2 atom stereocenters. The number of amides is 1. The van der Waals surface area contributed by atoms with E-state index in [4.69, 9.17) is 11.6 Å². The van der Waals surface area contributed by atoms with Gasteiger partial charge < -0.3 is 9.80 Å². The van der Waals surface area contributed by atoms with Crippen LogP contribution in [-0.4, -0.2) is 30.6 Å². The van der Waals surface area contributed by atoms with Gasteiger partial charge in [-0.05, 0) is 75.3 Å². The predicted molar refractivity (Wildman–Crippen MR) is 129 cm³/mol. The summed E-state index contributed by atoms with van der Waals surface area (Å²) in [5.41, 5.74) is 3.04. The molecule has 0 unspecified atom stereocenters. The number of fused-ring (bicyclic) bond motifs is 1. The summed E-state index contributed by atoms with van der Waals surface area (Å²) in [5.74, 6) is 1.03. The van der Waals surface area contributed by atoms with Crippen LogP contribution in [-0.2, 0) is 10.2 Å². The first kappa shape index (κ1) is 22.4. The molecule has 1 N–H and O–H groups in total. The fourth-order valence-electron chi connectivity index (χ4n) is 5.93. The van der Waals surface area contributed by atoms with Crippen LogP contribution in [0.3, 0.4) is 0 Å². The Morgan fingerprint density at radius 3 is 2.32 bits per heavy atom. The molecule has 2 aliphatic heterocycles. The lowest BCUT2D eigenvalue weighted by molar-refractivity contribution is -0.919. The molecule has 0 radical (unpaired) electrons. The Bertz CT molecular complexity index is 946. The van der Waals surface area contributed by atoms with Gasteiger partial charge >= 0.3 is 0 Å². The quantitative estimate of drug-likeness (QED) is 0.725. The summed E-state index contributed by atoms with van der Waals surface area (Å²) in [7, 11) is 0. The maximum atomic E-state index is 13.9. The van der Waals surface area contributed by atoms with Gasteiger partial charge in [-0.3, -0.25) is 4.79 Å². The minimum absolute atomic E-state index is 0.0280. The molecule has 2 aromatic rings. The lowest BCUT2D eigenvalue weighted by Gasteiger charge is -2.52. The number of likely N-dealkylation sites (tertiary alicyclic amines) is 1. The monoisotopic (exact) mass is 439 g/mol. The van der Waals surface area contributed by atoms with Crippen LogP contribution in [0.5, 0.6) is 0 Å². The van der Waals surface area contributed by atoms with Gasteiger partial charge in [-0.25, -0.2) is 0 Å². The zero-order valence-electron chi connectivity index (χ0n) is 19.5. The molecule has 0 saturated carbocycles. The molecule has 2 aliphatic rings. The van der Waals surface area contributed by atoms with Crippen LogP contribution < -0.4 is 9.80 Å². The van der Waals surface area contributed by atoms with Crippen molar-refractivity contribution in [2.45, 2.75) is 70.9 Å². The number of rotatable bonds is 3. The van der Waals surface area contributed by atoms with Gasteiger partial charge in [0.25, 0.3) is 5.91 Å². The highest BCUT2D eigenvalue weighted by Gasteiger charge is 2.49. The first-order valence-corrected chi connectivity index (χ1v) is 12.1. The SMILES string of the molecule is CC1CC[NH+]([C@@H](C)C(=O)N2c3ccccc3[C@](C)(c3ccc(Cl)cc3)CC2(C)C)CC1. The third-order valence-electron chi connectivity index (χ3n) is 7.73. The molecule has 0 aromatic heterocycles. The molecule has 0 aliphatic carbocycles. The molecule has 4 heteroatoms. The number of nitrogens with zero attached hydrogens (tertiary/aromatic N) is 1. The maximum absolute atomic E-state index is 13.9. The Hall–Kier alpha value is -1.84. The number of hydrogen-bond acceptors (Lipinski definition) is 1. The molecule has 3 nitrogen and oxygen atoms in total. The Morgan fingerprint density at radius 1 is 1.06 bits per heavy atom. The largest absolute Gasteiger partial charge is 0.325 e. The van der Waals surface area contributed by atoms with Crippen LogP contribution in [0.4, 0.5) is 5.69 Å². The topological polar surface area (TPSA) is 24.8 Å². The van der Waals surface area contributed by atoms with Gasteiger partial charge in [0.05, 0.1) is 13.1 Å². The van der Waals surface area contributed by atoms with Crippen molar-refractivity contribution in [3.8, 4) is 0 Å². The third kappa shape index (κ3) is 4.03. The standard InChI is InChI=1S/C27H35ClN2O/c1-19-14-16-29(17-15-19)20(2)25(31)30-24-9-7-6-8-23(24)27(5,18-26(30,3)4)21-10-12-22(28)13-11-21/h6-13,19-20H,14-18H2,1-5H3/p+1/t20-,27-/m0/s1. The van der Waals surface area contributed by atoms with Crippen LogP contribution in [0, 0.1) is 5.92 Å². The van der Waals surface area contributed by atoms with Gasteiger partial charge in [-0.15, -0.1) is 0 Å². The predicted octanol–water partition coefficient (Wildman–Crippen LogP) is 4.86. The maximum Gasteiger partial charge on any atom is 0.285 e. The number of benzene rings is 2. The molecule has 1 fully saturated rings. The average Bonchev–Trinajstić information content (AvgIpc) is 2.73. The molecule has 0 bridgehead atoms. The van der Waals surface area contributed by atoms with E-state index in [0.717, 1.165) is 36.1 Å². The lowest BCUT2D eigenvalue weighted by atomic mass is 9.65. The number of quaternary nitrogens is 1. The number of carbonyl (C=O) groups excluding carboxylic acids is 1. The van der Waals surface area contributed by atoms with Crippen LogP contribution in [0.25, 0.3) is 0 Å². The number of anilines is 1. The summed E-state index contributed by atoms with van der Waals surface area (Å²) in [4.78, 5) is 17.5. The molecule has 4 rings (SSSR count). The zero-order valence-corrected chi connectivity index (χ0v) is 20.3. The smallest absolute Gasteiger partial charge is 0.285 e. The fourth-order valence-corrected chi connectivity index (χ4v) is 6.05. The van der Waals surface area contributed by atoms with Gasteiger partial charge in [0.1, 0.15) is 0 Å². The van der Waals surface area contributed by atoms with Crippen molar-refractivity contribution in [3.63, 3.8) is 0 Å². The van der Waals surface area contributed by atoms with E-state index in [-0.39, 0.29) is 22.9 Å². The van der Waals surface area contributed by atoms with Crippen LogP contribution in [0.15, 0.2) is 48.5 Å². The van der Waals surface area contributed by atoms with E-state index in [9.17, 15) is 4.79 Å². The second kappa shape index (κ2) is 8.26. The Labute approximate surface area is 192 Å². The normalized spacial score (nSPS) is 28.6. The summed E-state index contributed by atoms with van der Waals surface area (Å²) >= 11 is 6.18. The fraction of sp³-hybridized carbons (Fsp3) is 0.519. The van der Waals surface area contributed by atoms with Crippen LogP contribution >= 0.6 is 11.6 Å². The van der Waals surface area contributed by atoms with Crippen molar-refractivity contribution >= 4 is 23.2 Å². The number of piperidine rings is 1. The van der Waals surface area contributed by atoms with Gasteiger partial charge in [0.2, 0.25) is 0 Å². The van der Waals surface area contributed by atoms with Gasteiger partial charge in [-0.2, -0.15) is 0 Å². The summed E-state index contributed by atoms with van der Waals surface area (Å²) in [6, 6.07) is 16.7. The summed E-state index contributed by atoms with van der Waals surface area (Å²) < 4.78 is 0. The molecule has 2 heterocycles. The van der Waals surface area contributed by atoms with Crippen molar-refractivity contribution in [2.75, 3.05) is 18.0 Å². The van der Waals surface area contributed by atoms with Crippen molar-refractivity contribution in [2.24, 2.45) is 5.92 Å². The van der Waals surface area contributed by atoms with Crippen molar-refractivity contribution < 1.29 is 9.69 Å². The number of carbonyl (C=O) groups is 1. The van der Waals surface area contributed by atoms with E-state index < -0.39 is 0 Å². The van der Waals surface area contributed by atoms with E-state index in [1.165, 1.54) is 28.9 Å². The molecule has 166 valence electrons. The second-order valence-electron chi connectivity index (χ2n) is 10.6. The van der Waals surface area contributed by atoms with Crippen molar-refractivity contribution in [1.29, 1.82) is 0 Å². The molecule has 1 saturated heterocycles. The average molecular weight is 440 g/mol. The van der Waals surface area contributed by atoms with E-state index >= 15 is 0 Å². The van der Waals surface area contributed by atoms with Gasteiger partial charge in [0.15, 0.2) is 6.04 Å². The lowest BCUT2D eigenvalue weighted by Crippen LogP contribution is -3.17. The Morgan fingerprint density at radius 2 is 1.68 bits per heavy atom. The van der Waals surface area contributed by atoms with Crippen molar-refractivity contribution in [3.05, 3.63) is 64.7 Å². The highest BCUT2D eigenvalue weighted by atomic mass is 35.5. The van der Waals surface area contributed by atoms with Gasteiger partial charge in [-0.1, -0.05) is 55.8 Å². The van der Waals surface area contributed by atoms with E-state index in [2.05, 4.69) is 75.9 Å². The first-order valence-electron chi connectivity index (χ1n) is 11.7. The van der Waals surface area contributed by atoms with E-state index in [0.29, 0.717) is 0 Å². The molecular weight excluding hydrogens is 404 g/mol. The highest BCUT2D eigenvalue weighted by Crippen LogP contribution is 2.50. The molecule has 0 spiro atoms. The third-order valence-corrected chi connectivity index (χ3v) is 7.98. The zero-order chi connectivity index (χ0) is 22.4. The van der Waals surface area contributed by atoms with Crippen LogP contribution in [0.1, 0.15) is 65.0 Å².